The number of para-hydroxylation sites is 1. The lowest BCUT2D eigenvalue weighted by Gasteiger charge is -2.22. The van der Waals surface area contributed by atoms with E-state index in [2.05, 4.69) is 13.0 Å². The Hall–Kier alpha value is -3.97. The van der Waals surface area contributed by atoms with Gasteiger partial charge in [-0.05, 0) is 60.9 Å². The average Bonchev–Trinajstić information content (AvgIpc) is 3.41. The first-order valence-corrected chi connectivity index (χ1v) is 12.4. The minimum absolute atomic E-state index is 0.0699. The number of hydrogen-bond donors (Lipinski definition) is 0. The smallest absolute Gasteiger partial charge is 0.297 e. The summed E-state index contributed by atoms with van der Waals surface area (Å²) in [7, 11) is 0. The quantitative estimate of drug-likeness (QED) is 0.296. The number of thiazole rings is 1. The predicted molar refractivity (Wildman–Crippen MR) is 138 cm³/mol. The third-order valence-corrected chi connectivity index (χ3v) is 7.20. The highest BCUT2D eigenvalue weighted by Crippen LogP contribution is 2.43. The van der Waals surface area contributed by atoms with Gasteiger partial charge in [-0.25, -0.2) is 4.98 Å². The number of fused-ring (bicyclic) bond motifs is 3. The summed E-state index contributed by atoms with van der Waals surface area (Å²) < 4.78 is 12.7. The van der Waals surface area contributed by atoms with Gasteiger partial charge in [0.2, 0.25) is 5.76 Å². The maximum atomic E-state index is 13.8. The normalized spacial score (nSPS) is 15.2. The van der Waals surface area contributed by atoms with Crippen LogP contribution < -0.4 is 15.1 Å². The number of hydrogen-bond acceptors (Lipinski definition) is 6. The maximum absolute atomic E-state index is 13.8. The largest absolute Gasteiger partial charge is 0.494 e. The minimum Gasteiger partial charge on any atom is -0.494 e. The van der Waals surface area contributed by atoms with Crippen LogP contribution in [0.3, 0.4) is 0 Å². The van der Waals surface area contributed by atoms with Crippen molar-refractivity contribution >= 4 is 43.6 Å². The Morgan fingerprint density at radius 1 is 1.06 bits per heavy atom. The summed E-state index contributed by atoms with van der Waals surface area (Å²) in [5, 5.41) is 0.982. The number of anilines is 1. The van der Waals surface area contributed by atoms with Gasteiger partial charge in [0.1, 0.15) is 11.3 Å². The highest BCUT2D eigenvalue weighted by Gasteiger charge is 2.45. The van der Waals surface area contributed by atoms with E-state index in [1.54, 1.807) is 29.2 Å². The molecule has 5 aromatic rings. The number of carbonyl (C=O) groups excluding carboxylic acids is 1. The van der Waals surface area contributed by atoms with E-state index in [0.29, 0.717) is 28.3 Å². The van der Waals surface area contributed by atoms with Gasteiger partial charge in [0.05, 0.1) is 33.8 Å². The van der Waals surface area contributed by atoms with Gasteiger partial charge in [0.25, 0.3) is 5.91 Å². The summed E-state index contributed by atoms with van der Waals surface area (Å²) in [4.78, 5) is 33.8. The van der Waals surface area contributed by atoms with Crippen molar-refractivity contribution in [3.63, 3.8) is 0 Å². The molecule has 0 saturated heterocycles. The SMILES string of the molecule is CCCOc1ccc(C2c3c(oc4ccccc4c3=O)C(=O)N2c2nc3ccc(C)cc3s2)cc1. The van der Waals surface area contributed by atoms with Gasteiger partial charge in [-0.15, -0.1) is 0 Å². The van der Waals surface area contributed by atoms with E-state index in [-0.39, 0.29) is 17.1 Å². The number of rotatable bonds is 5. The highest BCUT2D eigenvalue weighted by molar-refractivity contribution is 7.22. The Bertz CT molecular complexity index is 1650. The molecule has 0 radical (unpaired) electrons. The van der Waals surface area contributed by atoms with E-state index in [9.17, 15) is 9.59 Å². The number of aromatic nitrogens is 1. The van der Waals surface area contributed by atoms with Crippen LogP contribution in [-0.2, 0) is 0 Å². The van der Waals surface area contributed by atoms with Gasteiger partial charge < -0.3 is 9.15 Å². The van der Waals surface area contributed by atoms with Crippen LogP contribution in [0.2, 0.25) is 0 Å². The van der Waals surface area contributed by atoms with E-state index in [4.69, 9.17) is 14.1 Å². The van der Waals surface area contributed by atoms with E-state index in [1.165, 1.54) is 11.3 Å². The molecule has 1 atom stereocenters. The Morgan fingerprint density at radius 2 is 1.86 bits per heavy atom. The number of ether oxygens (including phenoxy) is 1. The van der Waals surface area contributed by atoms with Crippen LogP contribution in [0.25, 0.3) is 21.2 Å². The molecule has 7 heteroatoms. The molecule has 6 nitrogen and oxygen atoms in total. The first kappa shape index (κ1) is 21.6. The molecule has 0 saturated carbocycles. The maximum Gasteiger partial charge on any atom is 0.297 e. The van der Waals surface area contributed by atoms with E-state index in [0.717, 1.165) is 33.5 Å². The zero-order chi connectivity index (χ0) is 24.1. The molecular weight excluding hydrogens is 460 g/mol. The van der Waals surface area contributed by atoms with Crippen LogP contribution in [0, 0.1) is 6.92 Å². The second-order valence-electron chi connectivity index (χ2n) is 8.63. The molecule has 0 aliphatic carbocycles. The van der Waals surface area contributed by atoms with Crippen LogP contribution in [0.5, 0.6) is 5.75 Å². The Labute approximate surface area is 205 Å². The standard InChI is InChI=1S/C28H22N2O4S/c1-3-14-33-18-11-9-17(10-12-18)24-23-25(31)19-6-4-5-7-21(19)34-26(23)27(32)30(24)28-29-20-13-8-16(2)15-22(20)35-28/h4-13,15,24H,3,14H2,1-2H3. The number of amides is 1. The molecule has 0 bridgehead atoms. The van der Waals surface area contributed by atoms with Crippen molar-refractivity contribution in [2.45, 2.75) is 26.3 Å². The monoisotopic (exact) mass is 482 g/mol. The lowest BCUT2D eigenvalue weighted by atomic mass is 9.98. The molecule has 6 rings (SSSR count). The third kappa shape index (κ3) is 3.51. The molecule has 1 aliphatic rings. The lowest BCUT2D eigenvalue weighted by molar-refractivity contribution is 0.0971. The number of aryl methyl sites for hydroxylation is 1. The van der Waals surface area contributed by atoms with Crippen LogP contribution in [-0.4, -0.2) is 17.5 Å². The third-order valence-electron chi connectivity index (χ3n) is 6.19. The van der Waals surface area contributed by atoms with Crippen molar-refractivity contribution in [1.29, 1.82) is 0 Å². The molecule has 3 heterocycles. The molecule has 2 aromatic heterocycles. The Morgan fingerprint density at radius 3 is 2.66 bits per heavy atom. The number of benzene rings is 3. The van der Waals surface area contributed by atoms with E-state index in [1.807, 2.05) is 43.3 Å². The fraction of sp³-hybridized carbons (Fsp3) is 0.179. The van der Waals surface area contributed by atoms with Gasteiger partial charge in [0.15, 0.2) is 10.6 Å². The Kier molecular flexibility index (Phi) is 5.15. The van der Waals surface area contributed by atoms with Crippen molar-refractivity contribution in [2.24, 2.45) is 0 Å². The molecule has 0 N–H and O–H groups in total. The summed E-state index contributed by atoms with van der Waals surface area (Å²) in [6, 6.07) is 19.9. The number of nitrogens with zero attached hydrogens (tertiary/aromatic N) is 2. The zero-order valence-electron chi connectivity index (χ0n) is 19.3. The second kappa shape index (κ2) is 8.36. The van der Waals surface area contributed by atoms with Crippen LogP contribution in [0.15, 0.2) is 75.9 Å². The highest BCUT2D eigenvalue weighted by atomic mass is 32.1. The van der Waals surface area contributed by atoms with Gasteiger partial charge in [0, 0.05) is 0 Å². The molecule has 0 spiro atoms. The van der Waals surface area contributed by atoms with Gasteiger partial charge >= 0.3 is 0 Å². The van der Waals surface area contributed by atoms with Crippen LogP contribution >= 0.6 is 11.3 Å². The molecule has 3 aromatic carbocycles. The fourth-order valence-corrected chi connectivity index (χ4v) is 5.61. The summed E-state index contributed by atoms with van der Waals surface area (Å²) in [6.07, 6.45) is 0.908. The molecular formula is C28H22N2O4S. The Balaban J connectivity index is 1.56. The van der Waals surface area contributed by atoms with Crippen LogP contribution in [0.4, 0.5) is 5.13 Å². The summed E-state index contributed by atoms with van der Waals surface area (Å²) in [5.74, 6) is 0.447. The van der Waals surface area contributed by atoms with Gasteiger partial charge in [-0.3, -0.25) is 14.5 Å². The minimum atomic E-state index is -0.653. The molecule has 0 fully saturated rings. The topological polar surface area (TPSA) is 72.6 Å². The van der Waals surface area contributed by atoms with Gasteiger partial charge in [-0.2, -0.15) is 0 Å². The van der Waals surface area contributed by atoms with E-state index < -0.39 is 6.04 Å². The van der Waals surface area contributed by atoms with Crippen molar-refractivity contribution in [3.05, 3.63) is 99.4 Å². The van der Waals surface area contributed by atoms with Crippen molar-refractivity contribution in [3.8, 4) is 5.75 Å². The first-order chi connectivity index (χ1) is 17.0. The molecule has 35 heavy (non-hydrogen) atoms. The first-order valence-electron chi connectivity index (χ1n) is 11.5. The molecule has 1 aliphatic heterocycles. The summed E-state index contributed by atoms with van der Waals surface area (Å²) >= 11 is 1.43. The van der Waals surface area contributed by atoms with Crippen LogP contribution in [0.1, 0.15) is 46.6 Å². The lowest BCUT2D eigenvalue weighted by Crippen LogP contribution is -2.29. The molecule has 1 unspecified atom stereocenters. The predicted octanol–water partition coefficient (Wildman–Crippen LogP) is 6.25. The van der Waals surface area contributed by atoms with Crippen molar-refractivity contribution in [1.82, 2.24) is 4.98 Å². The fourth-order valence-electron chi connectivity index (χ4n) is 4.52. The van der Waals surface area contributed by atoms with Crippen molar-refractivity contribution in [2.75, 3.05) is 11.5 Å². The average molecular weight is 483 g/mol. The van der Waals surface area contributed by atoms with E-state index >= 15 is 0 Å². The van der Waals surface area contributed by atoms with Crippen molar-refractivity contribution < 1.29 is 13.9 Å². The summed E-state index contributed by atoms with van der Waals surface area (Å²) in [5.41, 5.74) is 3.25. The number of carbonyl (C=O) groups is 1. The zero-order valence-corrected chi connectivity index (χ0v) is 20.1. The molecule has 1 amide bonds. The van der Waals surface area contributed by atoms with Gasteiger partial charge in [-0.1, -0.05) is 48.6 Å². The molecule has 174 valence electrons. The second-order valence-corrected chi connectivity index (χ2v) is 9.64. The summed E-state index contributed by atoms with van der Waals surface area (Å²) in [6.45, 7) is 4.70.